The van der Waals surface area contributed by atoms with Gasteiger partial charge in [-0.3, -0.25) is 4.79 Å². The Morgan fingerprint density at radius 1 is 1.25 bits per heavy atom. The fraction of sp³-hybridized carbons (Fsp3) is 0.562. The molecule has 20 heavy (non-hydrogen) atoms. The average molecular weight is 277 g/mol. The number of carbonyl (C=O) groups excluding carboxylic acids is 1. The van der Waals surface area contributed by atoms with E-state index in [2.05, 4.69) is 5.32 Å². The maximum Gasteiger partial charge on any atom is 0.220 e. The number of benzene rings is 1. The van der Waals surface area contributed by atoms with Gasteiger partial charge in [-0.25, -0.2) is 0 Å². The van der Waals surface area contributed by atoms with Crippen LogP contribution in [0.15, 0.2) is 18.2 Å². The first-order valence-electron chi connectivity index (χ1n) is 7.20. The highest BCUT2D eigenvalue weighted by Crippen LogP contribution is 2.28. The maximum absolute atomic E-state index is 11.9. The van der Waals surface area contributed by atoms with E-state index in [1.165, 1.54) is 25.7 Å². The first kappa shape index (κ1) is 14.7. The predicted octanol–water partition coefficient (Wildman–Crippen LogP) is 2.90. The molecule has 0 aromatic heterocycles. The highest BCUT2D eigenvalue weighted by molar-refractivity contribution is 5.76. The van der Waals surface area contributed by atoms with Crippen molar-refractivity contribution in [2.24, 2.45) is 5.92 Å². The normalized spacial score (nSPS) is 15.1. The van der Waals surface area contributed by atoms with Crippen LogP contribution in [0.2, 0.25) is 0 Å². The molecule has 1 amide bonds. The van der Waals surface area contributed by atoms with Crippen molar-refractivity contribution in [1.29, 1.82) is 0 Å². The van der Waals surface area contributed by atoms with E-state index in [9.17, 15) is 4.79 Å². The van der Waals surface area contributed by atoms with E-state index < -0.39 is 0 Å². The van der Waals surface area contributed by atoms with Gasteiger partial charge < -0.3 is 14.8 Å². The Kier molecular flexibility index (Phi) is 5.27. The molecule has 2 rings (SSSR count). The summed E-state index contributed by atoms with van der Waals surface area (Å²) in [5.74, 6) is 2.20. The van der Waals surface area contributed by atoms with Crippen molar-refractivity contribution >= 4 is 5.91 Å². The lowest BCUT2D eigenvalue weighted by Crippen LogP contribution is -2.24. The second kappa shape index (κ2) is 7.17. The summed E-state index contributed by atoms with van der Waals surface area (Å²) in [6.45, 7) is 0.499. The van der Waals surface area contributed by atoms with Crippen molar-refractivity contribution < 1.29 is 14.3 Å². The van der Waals surface area contributed by atoms with E-state index in [4.69, 9.17) is 9.47 Å². The Hall–Kier alpha value is -1.71. The fourth-order valence-corrected chi connectivity index (χ4v) is 2.74. The first-order chi connectivity index (χ1) is 9.72. The van der Waals surface area contributed by atoms with Gasteiger partial charge in [-0.1, -0.05) is 12.8 Å². The van der Waals surface area contributed by atoms with Crippen LogP contribution in [-0.4, -0.2) is 20.1 Å². The van der Waals surface area contributed by atoms with Gasteiger partial charge in [-0.05, 0) is 30.9 Å². The largest absolute Gasteiger partial charge is 0.497 e. The molecule has 0 heterocycles. The molecule has 1 aromatic rings. The van der Waals surface area contributed by atoms with E-state index in [1.54, 1.807) is 14.2 Å². The van der Waals surface area contributed by atoms with Crippen molar-refractivity contribution in [3.8, 4) is 11.5 Å². The van der Waals surface area contributed by atoms with Crippen LogP contribution in [0.25, 0.3) is 0 Å². The molecule has 1 aromatic carbocycles. The third-order valence-electron chi connectivity index (χ3n) is 3.92. The molecule has 110 valence electrons. The first-order valence-corrected chi connectivity index (χ1v) is 7.20. The summed E-state index contributed by atoms with van der Waals surface area (Å²) < 4.78 is 10.5. The van der Waals surface area contributed by atoms with Gasteiger partial charge in [0.1, 0.15) is 11.5 Å². The Balaban J connectivity index is 1.87. The molecule has 0 aliphatic heterocycles. The topological polar surface area (TPSA) is 47.6 Å². The molecule has 4 heteroatoms. The lowest BCUT2D eigenvalue weighted by molar-refractivity contribution is -0.122. The van der Waals surface area contributed by atoms with Gasteiger partial charge in [0.2, 0.25) is 5.91 Å². The van der Waals surface area contributed by atoms with Crippen LogP contribution in [0.3, 0.4) is 0 Å². The van der Waals surface area contributed by atoms with Crippen LogP contribution in [0.1, 0.15) is 37.7 Å². The van der Waals surface area contributed by atoms with Gasteiger partial charge in [-0.2, -0.15) is 0 Å². The van der Waals surface area contributed by atoms with E-state index in [0.29, 0.717) is 18.9 Å². The Bertz CT molecular complexity index is 453. The van der Waals surface area contributed by atoms with Crippen LogP contribution in [0, 0.1) is 5.92 Å². The monoisotopic (exact) mass is 277 g/mol. The summed E-state index contributed by atoms with van der Waals surface area (Å²) in [5.41, 5.74) is 0.966. The summed E-state index contributed by atoms with van der Waals surface area (Å²) in [7, 11) is 3.25. The van der Waals surface area contributed by atoms with Crippen LogP contribution >= 0.6 is 0 Å². The molecule has 4 nitrogen and oxygen atoms in total. The third-order valence-corrected chi connectivity index (χ3v) is 3.92. The zero-order chi connectivity index (χ0) is 14.4. The summed E-state index contributed by atoms with van der Waals surface area (Å²) in [6, 6.07) is 5.63. The number of amides is 1. The van der Waals surface area contributed by atoms with E-state index in [1.807, 2.05) is 18.2 Å². The molecule has 0 atom stereocenters. The van der Waals surface area contributed by atoms with Gasteiger partial charge in [-0.15, -0.1) is 0 Å². The number of nitrogens with one attached hydrogen (secondary N) is 1. The molecule has 0 bridgehead atoms. The Labute approximate surface area is 120 Å². The highest BCUT2D eigenvalue weighted by atomic mass is 16.5. The molecular weight excluding hydrogens is 254 g/mol. The summed E-state index contributed by atoms with van der Waals surface area (Å²) in [5, 5.41) is 2.98. The van der Waals surface area contributed by atoms with Crippen LogP contribution < -0.4 is 14.8 Å². The van der Waals surface area contributed by atoms with Crippen molar-refractivity contribution in [3.05, 3.63) is 23.8 Å². The van der Waals surface area contributed by atoms with Crippen molar-refractivity contribution in [1.82, 2.24) is 5.32 Å². The fourth-order valence-electron chi connectivity index (χ4n) is 2.74. The highest BCUT2D eigenvalue weighted by Gasteiger charge is 2.18. The Morgan fingerprint density at radius 2 is 2.00 bits per heavy atom. The molecule has 1 aliphatic carbocycles. The van der Waals surface area contributed by atoms with Crippen LogP contribution in [0.4, 0.5) is 0 Å². The van der Waals surface area contributed by atoms with E-state index in [0.717, 1.165) is 17.1 Å². The SMILES string of the molecule is COc1ccc(CNC(=O)CC2CCCC2)c(OC)c1. The molecule has 0 radical (unpaired) electrons. The quantitative estimate of drug-likeness (QED) is 0.869. The number of methoxy groups -OCH3 is 2. The molecule has 1 aliphatic rings. The van der Waals surface area contributed by atoms with Gasteiger partial charge in [0, 0.05) is 24.6 Å². The molecule has 0 unspecified atom stereocenters. The zero-order valence-electron chi connectivity index (χ0n) is 12.3. The van der Waals surface area contributed by atoms with Gasteiger partial charge in [0.25, 0.3) is 0 Å². The minimum absolute atomic E-state index is 0.134. The second-order valence-electron chi connectivity index (χ2n) is 5.31. The molecule has 1 fully saturated rings. The molecule has 1 N–H and O–H groups in total. The number of carbonyl (C=O) groups is 1. The molecule has 0 spiro atoms. The minimum Gasteiger partial charge on any atom is -0.497 e. The van der Waals surface area contributed by atoms with Crippen molar-refractivity contribution in [3.63, 3.8) is 0 Å². The van der Waals surface area contributed by atoms with Crippen molar-refractivity contribution in [2.45, 2.75) is 38.6 Å². The van der Waals surface area contributed by atoms with E-state index in [-0.39, 0.29) is 5.91 Å². The predicted molar refractivity (Wildman–Crippen MR) is 78.0 cm³/mol. The molecular formula is C16H23NO3. The lowest BCUT2D eigenvalue weighted by Gasteiger charge is -2.12. The smallest absolute Gasteiger partial charge is 0.220 e. The maximum atomic E-state index is 11.9. The molecule has 0 saturated heterocycles. The summed E-state index contributed by atoms with van der Waals surface area (Å²) in [4.78, 5) is 11.9. The third kappa shape index (κ3) is 3.89. The second-order valence-corrected chi connectivity index (χ2v) is 5.31. The summed E-state index contributed by atoms with van der Waals surface area (Å²) in [6.07, 6.45) is 5.57. The average Bonchev–Trinajstić information content (AvgIpc) is 2.97. The summed E-state index contributed by atoms with van der Waals surface area (Å²) >= 11 is 0. The van der Waals surface area contributed by atoms with Gasteiger partial charge in [0.05, 0.1) is 14.2 Å². The minimum atomic E-state index is 0.134. The number of ether oxygens (including phenoxy) is 2. The number of rotatable bonds is 6. The van der Waals surface area contributed by atoms with Crippen LogP contribution in [-0.2, 0) is 11.3 Å². The van der Waals surface area contributed by atoms with Crippen LogP contribution in [0.5, 0.6) is 11.5 Å². The van der Waals surface area contributed by atoms with Gasteiger partial charge in [0.15, 0.2) is 0 Å². The lowest BCUT2D eigenvalue weighted by atomic mass is 10.0. The Morgan fingerprint density at radius 3 is 2.65 bits per heavy atom. The van der Waals surface area contributed by atoms with E-state index >= 15 is 0 Å². The zero-order valence-corrected chi connectivity index (χ0v) is 12.3. The molecule has 1 saturated carbocycles. The number of hydrogen-bond donors (Lipinski definition) is 1. The van der Waals surface area contributed by atoms with Crippen molar-refractivity contribution in [2.75, 3.05) is 14.2 Å². The number of hydrogen-bond acceptors (Lipinski definition) is 3. The standard InChI is InChI=1S/C16H23NO3/c1-19-14-8-7-13(15(10-14)20-2)11-17-16(18)9-12-5-3-4-6-12/h7-8,10,12H,3-6,9,11H2,1-2H3,(H,17,18). The van der Waals surface area contributed by atoms with Gasteiger partial charge >= 0.3 is 0 Å².